The Hall–Kier alpha value is -4.84. The molecule has 230 valence electrons. The van der Waals surface area contributed by atoms with Crippen LogP contribution in [0.5, 0.6) is 5.75 Å². The van der Waals surface area contributed by atoms with Gasteiger partial charge in [-0.05, 0) is 80.8 Å². The molecule has 0 saturated heterocycles. The van der Waals surface area contributed by atoms with Crippen molar-refractivity contribution in [2.75, 3.05) is 12.4 Å². The van der Waals surface area contributed by atoms with Crippen molar-refractivity contribution in [2.24, 2.45) is 17.8 Å². The Morgan fingerprint density at radius 2 is 1.71 bits per heavy atom. The second-order valence-corrected chi connectivity index (χ2v) is 13.6. The molecule has 11 nitrogen and oxygen atoms in total. The summed E-state index contributed by atoms with van der Waals surface area (Å²) in [4.78, 5) is 30.8. The molecule has 3 saturated carbocycles. The third kappa shape index (κ3) is 5.18. The summed E-state index contributed by atoms with van der Waals surface area (Å²) in [6, 6.07) is 15.6. The molecule has 3 aromatic heterocycles. The highest BCUT2D eigenvalue weighted by Gasteiger charge is 2.47. The standard InChI is InChI=1S/C33H32N6O5S/c1-19-3-13-24(14-4-19)45(42,43)39-17-26(25-16-34-18-35-32(25)39)31-36-27(20-9-11-23(44-2)12-10-20)15-28(38-31)37-30-22-7-5-21(6-8-22)29(30)33(40)41/h3-4,9-18,21-22,29-30H,5-8H2,1-2H3,(H,40,41)(H,36,37,38). The van der Waals surface area contributed by atoms with Gasteiger partial charge in [0.15, 0.2) is 11.5 Å². The SMILES string of the molecule is COc1ccc(-c2cc(NC3C4CCC(CC4)C3C(=O)O)nc(-c3cn(S(=O)(=O)c4ccc(C)cc4)c4ncncc34)n2)cc1. The number of methoxy groups -OCH3 is 1. The Balaban J connectivity index is 1.38. The summed E-state index contributed by atoms with van der Waals surface area (Å²) in [5.74, 6) is 0.437. The molecule has 3 fully saturated rings. The summed E-state index contributed by atoms with van der Waals surface area (Å²) in [5, 5.41) is 14.1. The first kappa shape index (κ1) is 28.9. The van der Waals surface area contributed by atoms with Crippen molar-refractivity contribution >= 4 is 32.8 Å². The molecule has 0 amide bonds. The van der Waals surface area contributed by atoms with Gasteiger partial charge in [-0.2, -0.15) is 0 Å². The number of nitrogens with zero attached hydrogens (tertiary/aromatic N) is 5. The molecule has 0 spiro atoms. The van der Waals surface area contributed by atoms with Gasteiger partial charge in [0.25, 0.3) is 10.0 Å². The van der Waals surface area contributed by atoms with E-state index in [1.165, 1.54) is 12.5 Å². The molecule has 12 heteroatoms. The number of nitrogens with one attached hydrogen (secondary N) is 1. The number of hydrogen-bond donors (Lipinski definition) is 2. The van der Waals surface area contributed by atoms with Crippen LogP contribution in [0.25, 0.3) is 33.7 Å². The van der Waals surface area contributed by atoms with E-state index in [0.29, 0.717) is 28.2 Å². The van der Waals surface area contributed by atoms with Crippen molar-refractivity contribution in [3.05, 3.63) is 78.9 Å². The molecule has 3 aliphatic carbocycles. The minimum absolute atomic E-state index is 0.120. The molecule has 8 rings (SSSR count). The lowest BCUT2D eigenvalue weighted by atomic mass is 9.61. The third-order valence-corrected chi connectivity index (χ3v) is 10.9. The molecule has 45 heavy (non-hydrogen) atoms. The average Bonchev–Trinajstić information content (AvgIpc) is 3.46. The molecule has 2 bridgehead atoms. The number of aromatic nitrogens is 5. The van der Waals surface area contributed by atoms with Crippen LogP contribution in [-0.4, -0.2) is 56.6 Å². The van der Waals surface area contributed by atoms with E-state index in [1.807, 2.05) is 37.3 Å². The summed E-state index contributed by atoms with van der Waals surface area (Å²) in [5.41, 5.74) is 2.94. The topological polar surface area (TPSA) is 149 Å². The molecule has 3 heterocycles. The summed E-state index contributed by atoms with van der Waals surface area (Å²) in [7, 11) is -2.42. The number of rotatable bonds is 8. The quantitative estimate of drug-likeness (QED) is 0.229. The van der Waals surface area contributed by atoms with Crippen molar-refractivity contribution in [1.29, 1.82) is 0 Å². The largest absolute Gasteiger partial charge is 0.497 e. The lowest BCUT2D eigenvalue weighted by molar-refractivity contribution is -0.148. The van der Waals surface area contributed by atoms with E-state index in [4.69, 9.17) is 14.7 Å². The molecule has 0 radical (unpaired) electrons. The minimum Gasteiger partial charge on any atom is -0.497 e. The number of ether oxygens (including phenoxy) is 1. The fraction of sp³-hybridized carbons (Fsp3) is 0.303. The predicted octanol–water partition coefficient (Wildman–Crippen LogP) is 5.41. The highest BCUT2D eigenvalue weighted by molar-refractivity contribution is 7.90. The van der Waals surface area contributed by atoms with E-state index in [1.54, 1.807) is 37.6 Å². The van der Waals surface area contributed by atoms with Crippen LogP contribution < -0.4 is 10.1 Å². The Labute approximate surface area is 260 Å². The van der Waals surface area contributed by atoms with Gasteiger partial charge in [0.2, 0.25) is 0 Å². The second kappa shape index (κ2) is 11.3. The van der Waals surface area contributed by atoms with E-state index in [0.717, 1.165) is 40.8 Å². The van der Waals surface area contributed by atoms with Gasteiger partial charge in [0.1, 0.15) is 17.9 Å². The average molecular weight is 625 g/mol. The number of carbonyl (C=O) groups is 1. The lowest BCUT2D eigenvalue weighted by Crippen LogP contribution is -2.51. The molecule has 0 aliphatic heterocycles. The predicted molar refractivity (Wildman–Crippen MR) is 168 cm³/mol. The number of hydrogen-bond acceptors (Lipinski definition) is 9. The zero-order valence-corrected chi connectivity index (χ0v) is 25.6. The van der Waals surface area contributed by atoms with Crippen LogP contribution in [0.2, 0.25) is 0 Å². The summed E-state index contributed by atoms with van der Waals surface area (Å²) < 4.78 is 34.2. The Morgan fingerprint density at radius 1 is 1.00 bits per heavy atom. The Kier molecular flexibility index (Phi) is 7.23. The Morgan fingerprint density at radius 3 is 2.40 bits per heavy atom. The zero-order chi connectivity index (χ0) is 31.3. The maximum atomic E-state index is 13.8. The van der Waals surface area contributed by atoms with Crippen LogP contribution in [0, 0.1) is 24.7 Å². The molecular formula is C33H32N6O5S. The first-order valence-corrected chi connectivity index (χ1v) is 16.3. The van der Waals surface area contributed by atoms with Crippen LogP contribution in [0.4, 0.5) is 5.82 Å². The fourth-order valence-electron chi connectivity index (χ4n) is 6.86. The Bertz CT molecular complexity index is 2000. The van der Waals surface area contributed by atoms with E-state index in [-0.39, 0.29) is 34.2 Å². The number of carboxylic acid groups (broad SMARTS) is 1. The van der Waals surface area contributed by atoms with Gasteiger partial charge in [-0.25, -0.2) is 32.3 Å². The van der Waals surface area contributed by atoms with E-state index in [9.17, 15) is 18.3 Å². The van der Waals surface area contributed by atoms with Crippen molar-refractivity contribution in [1.82, 2.24) is 23.9 Å². The molecule has 2 atom stereocenters. The van der Waals surface area contributed by atoms with Gasteiger partial charge < -0.3 is 15.2 Å². The molecule has 5 aromatic rings. The van der Waals surface area contributed by atoms with Gasteiger partial charge in [-0.1, -0.05) is 17.7 Å². The van der Waals surface area contributed by atoms with Crippen molar-refractivity contribution in [3.8, 4) is 28.4 Å². The molecular weight excluding hydrogens is 592 g/mol. The number of anilines is 1. The summed E-state index contributed by atoms with van der Waals surface area (Å²) in [6.07, 6.45) is 8.11. The van der Waals surface area contributed by atoms with Crippen LogP contribution in [0.15, 0.2) is 78.2 Å². The van der Waals surface area contributed by atoms with Gasteiger partial charge >= 0.3 is 5.97 Å². The van der Waals surface area contributed by atoms with Crippen LogP contribution in [-0.2, 0) is 14.8 Å². The van der Waals surface area contributed by atoms with Crippen molar-refractivity contribution in [3.63, 3.8) is 0 Å². The number of aliphatic carboxylic acids is 1. The highest BCUT2D eigenvalue weighted by atomic mass is 32.2. The van der Waals surface area contributed by atoms with Crippen molar-refractivity contribution < 1.29 is 23.1 Å². The maximum Gasteiger partial charge on any atom is 0.308 e. The van der Waals surface area contributed by atoms with E-state index in [2.05, 4.69) is 15.3 Å². The van der Waals surface area contributed by atoms with Crippen LogP contribution in [0.1, 0.15) is 31.2 Å². The van der Waals surface area contributed by atoms with Gasteiger partial charge in [0, 0.05) is 41.0 Å². The first-order chi connectivity index (χ1) is 21.7. The summed E-state index contributed by atoms with van der Waals surface area (Å²) in [6.45, 7) is 1.89. The van der Waals surface area contributed by atoms with Gasteiger partial charge in [-0.15, -0.1) is 0 Å². The van der Waals surface area contributed by atoms with Crippen molar-refractivity contribution in [2.45, 2.75) is 43.5 Å². The van der Waals surface area contributed by atoms with E-state index < -0.39 is 21.9 Å². The normalized spacial score (nSPS) is 21.1. The number of benzene rings is 2. The zero-order valence-electron chi connectivity index (χ0n) is 24.8. The number of aryl methyl sites for hydroxylation is 1. The smallest absolute Gasteiger partial charge is 0.308 e. The van der Waals surface area contributed by atoms with Gasteiger partial charge in [-0.3, -0.25) is 4.79 Å². The molecule has 3 aliphatic rings. The fourth-order valence-corrected chi connectivity index (χ4v) is 8.18. The molecule has 2 aromatic carbocycles. The highest BCUT2D eigenvalue weighted by Crippen LogP contribution is 2.46. The monoisotopic (exact) mass is 624 g/mol. The van der Waals surface area contributed by atoms with Crippen LogP contribution in [0.3, 0.4) is 0 Å². The summed E-state index contributed by atoms with van der Waals surface area (Å²) >= 11 is 0. The van der Waals surface area contributed by atoms with Crippen LogP contribution >= 0.6 is 0 Å². The maximum absolute atomic E-state index is 13.8. The molecule has 2 N–H and O–H groups in total. The number of carboxylic acids is 1. The first-order valence-electron chi connectivity index (χ1n) is 14.9. The number of fused-ring (bicyclic) bond motifs is 4. The second-order valence-electron chi connectivity index (χ2n) is 11.8. The lowest BCUT2D eigenvalue weighted by Gasteiger charge is -2.47. The minimum atomic E-state index is -4.02. The van der Waals surface area contributed by atoms with Gasteiger partial charge in [0.05, 0.1) is 23.6 Å². The third-order valence-electron chi connectivity index (χ3n) is 9.19. The van der Waals surface area contributed by atoms with E-state index >= 15 is 0 Å². The molecule has 2 unspecified atom stereocenters.